The Balaban J connectivity index is 1.65. The summed E-state index contributed by atoms with van der Waals surface area (Å²) < 4.78 is 10.9. The number of anilines is 1. The van der Waals surface area contributed by atoms with Crippen molar-refractivity contribution >= 4 is 28.5 Å². The second-order valence-corrected chi connectivity index (χ2v) is 5.68. The number of nitrogens with two attached hydrogens (primary N) is 1. The zero-order valence-electron chi connectivity index (χ0n) is 13.7. The molecule has 0 bridgehead atoms. The Bertz CT molecular complexity index is 866. The molecule has 128 valence electrons. The highest BCUT2D eigenvalue weighted by Gasteiger charge is 2.19. The van der Waals surface area contributed by atoms with Crippen LogP contribution in [-0.4, -0.2) is 18.4 Å². The number of para-hydroxylation sites is 1. The van der Waals surface area contributed by atoms with E-state index >= 15 is 0 Å². The Morgan fingerprint density at radius 2 is 1.88 bits per heavy atom. The lowest BCUT2D eigenvalue weighted by Gasteiger charge is -2.10. The van der Waals surface area contributed by atoms with Crippen LogP contribution in [0.15, 0.2) is 59.0 Å². The molecule has 3 rings (SSSR count). The molecule has 1 aromatic heterocycles. The van der Waals surface area contributed by atoms with Crippen LogP contribution >= 0.6 is 0 Å². The summed E-state index contributed by atoms with van der Waals surface area (Å²) in [7, 11) is 0. The van der Waals surface area contributed by atoms with Crippen LogP contribution in [0.3, 0.4) is 0 Å². The number of nitrogens with one attached hydrogen (secondary N) is 1. The van der Waals surface area contributed by atoms with E-state index in [-0.39, 0.29) is 12.5 Å². The summed E-state index contributed by atoms with van der Waals surface area (Å²) >= 11 is 0. The van der Waals surface area contributed by atoms with Crippen molar-refractivity contribution in [3.8, 4) is 5.75 Å². The van der Waals surface area contributed by atoms with E-state index in [9.17, 15) is 9.59 Å². The molecule has 1 atom stereocenters. The first-order chi connectivity index (χ1) is 12.0. The van der Waals surface area contributed by atoms with Crippen LogP contribution < -0.4 is 15.8 Å². The van der Waals surface area contributed by atoms with Gasteiger partial charge >= 0.3 is 0 Å². The molecule has 0 aliphatic heterocycles. The fourth-order valence-electron chi connectivity index (χ4n) is 2.38. The van der Waals surface area contributed by atoms with Gasteiger partial charge in [0.2, 0.25) is 5.91 Å². The molecule has 2 aromatic carbocycles. The smallest absolute Gasteiger partial charge is 0.255 e. The van der Waals surface area contributed by atoms with Gasteiger partial charge in [0.25, 0.3) is 5.91 Å². The van der Waals surface area contributed by atoms with Gasteiger partial charge in [0.05, 0.1) is 5.92 Å². The average molecular weight is 338 g/mol. The van der Waals surface area contributed by atoms with Crippen molar-refractivity contribution in [1.29, 1.82) is 0 Å². The second kappa shape index (κ2) is 7.09. The standard InChI is InChI=1S/C19H18N2O4/c1-12(17-10-13-4-2-3-5-16(13)25-17)19(23)21-14-6-8-15(9-7-14)24-11-18(20)22/h2-10,12H,11H2,1H3,(H2,20,22)(H,21,23)/t12-/m1/s1. The second-order valence-electron chi connectivity index (χ2n) is 5.68. The molecule has 0 radical (unpaired) electrons. The fraction of sp³-hybridized carbons (Fsp3) is 0.158. The Morgan fingerprint density at radius 3 is 2.56 bits per heavy atom. The van der Waals surface area contributed by atoms with Crippen LogP contribution in [0.1, 0.15) is 18.6 Å². The van der Waals surface area contributed by atoms with Crippen LogP contribution in [0, 0.1) is 0 Å². The van der Waals surface area contributed by atoms with Gasteiger partial charge in [-0.25, -0.2) is 0 Å². The van der Waals surface area contributed by atoms with E-state index < -0.39 is 11.8 Å². The van der Waals surface area contributed by atoms with E-state index in [4.69, 9.17) is 14.9 Å². The first kappa shape index (κ1) is 16.6. The van der Waals surface area contributed by atoms with Gasteiger partial charge in [0, 0.05) is 11.1 Å². The molecule has 0 saturated carbocycles. The lowest BCUT2D eigenvalue weighted by molar-refractivity contribution is -0.120. The molecular formula is C19H18N2O4. The lowest BCUT2D eigenvalue weighted by Crippen LogP contribution is -2.20. The number of hydrogen-bond donors (Lipinski definition) is 2. The average Bonchev–Trinajstić information content (AvgIpc) is 3.04. The third-order valence-corrected chi connectivity index (χ3v) is 3.77. The molecule has 6 nitrogen and oxygen atoms in total. The highest BCUT2D eigenvalue weighted by Crippen LogP contribution is 2.26. The first-order valence-corrected chi connectivity index (χ1v) is 7.83. The quantitative estimate of drug-likeness (QED) is 0.722. The molecule has 0 fully saturated rings. The molecule has 0 saturated heterocycles. The largest absolute Gasteiger partial charge is 0.484 e. The van der Waals surface area contributed by atoms with Gasteiger partial charge in [0.1, 0.15) is 17.1 Å². The van der Waals surface area contributed by atoms with Crippen molar-refractivity contribution in [3.63, 3.8) is 0 Å². The molecule has 0 aliphatic carbocycles. The lowest BCUT2D eigenvalue weighted by atomic mass is 10.1. The number of carbonyl (C=O) groups excluding carboxylic acids is 2. The van der Waals surface area contributed by atoms with Gasteiger partial charge in [-0.05, 0) is 43.3 Å². The number of benzene rings is 2. The minimum atomic E-state index is -0.544. The van der Waals surface area contributed by atoms with Crippen LogP contribution in [0.2, 0.25) is 0 Å². The number of furan rings is 1. The maximum atomic E-state index is 12.4. The summed E-state index contributed by atoms with van der Waals surface area (Å²) in [5, 5.41) is 3.80. The van der Waals surface area contributed by atoms with Crippen LogP contribution in [0.4, 0.5) is 5.69 Å². The number of carbonyl (C=O) groups is 2. The summed E-state index contributed by atoms with van der Waals surface area (Å²) in [4.78, 5) is 23.1. The number of hydrogen-bond acceptors (Lipinski definition) is 4. The minimum Gasteiger partial charge on any atom is -0.484 e. The Kier molecular flexibility index (Phi) is 4.70. The van der Waals surface area contributed by atoms with Crippen molar-refractivity contribution < 1.29 is 18.7 Å². The SMILES string of the molecule is C[C@@H](C(=O)Nc1ccc(OCC(N)=O)cc1)c1cc2ccccc2o1. The number of primary amides is 1. The molecule has 1 heterocycles. The summed E-state index contributed by atoms with van der Waals surface area (Å²) in [5.41, 5.74) is 6.40. The van der Waals surface area contributed by atoms with E-state index in [1.807, 2.05) is 30.3 Å². The Labute approximate surface area is 144 Å². The number of amides is 2. The maximum Gasteiger partial charge on any atom is 0.255 e. The summed E-state index contributed by atoms with van der Waals surface area (Å²) in [6, 6.07) is 16.2. The molecule has 3 N–H and O–H groups in total. The van der Waals surface area contributed by atoms with Gasteiger partial charge in [-0.2, -0.15) is 0 Å². The van der Waals surface area contributed by atoms with E-state index in [2.05, 4.69) is 5.32 Å². The molecule has 0 spiro atoms. The van der Waals surface area contributed by atoms with Gasteiger partial charge in [0.15, 0.2) is 6.61 Å². The molecular weight excluding hydrogens is 320 g/mol. The van der Waals surface area contributed by atoms with Crippen molar-refractivity contribution in [2.45, 2.75) is 12.8 Å². The van der Waals surface area contributed by atoms with E-state index in [0.29, 0.717) is 17.2 Å². The predicted molar refractivity (Wildman–Crippen MR) is 94.4 cm³/mol. The van der Waals surface area contributed by atoms with Crippen LogP contribution in [-0.2, 0) is 9.59 Å². The summed E-state index contributed by atoms with van der Waals surface area (Å²) in [6.45, 7) is 1.60. The minimum absolute atomic E-state index is 0.176. The Hall–Kier alpha value is -3.28. The zero-order valence-corrected chi connectivity index (χ0v) is 13.7. The van der Waals surface area contributed by atoms with Crippen LogP contribution in [0.5, 0.6) is 5.75 Å². The fourth-order valence-corrected chi connectivity index (χ4v) is 2.38. The maximum absolute atomic E-state index is 12.4. The van der Waals surface area contributed by atoms with E-state index in [1.165, 1.54) is 0 Å². The van der Waals surface area contributed by atoms with Gasteiger partial charge in [-0.15, -0.1) is 0 Å². The number of rotatable bonds is 6. The molecule has 3 aromatic rings. The monoisotopic (exact) mass is 338 g/mol. The third kappa shape index (κ3) is 3.98. The first-order valence-electron chi connectivity index (χ1n) is 7.83. The van der Waals surface area contributed by atoms with Crippen molar-refractivity contribution in [3.05, 3.63) is 60.4 Å². The van der Waals surface area contributed by atoms with E-state index in [1.54, 1.807) is 31.2 Å². The number of fused-ring (bicyclic) bond motifs is 1. The predicted octanol–water partition coefficient (Wildman–Crippen LogP) is 3.04. The summed E-state index contributed by atoms with van der Waals surface area (Å²) in [6.07, 6.45) is 0. The van der Waals surface area contributed by atoms with Crippen molar-refractivity contribution in [2.75, 3.05) is 11.9 Å². The van der Waals surface area contributed by atoms with Gasteiger partial charge in [-0.3, -0.25) is 9.59 Å². The summed E-state index contributed by atoms with van der Waals surface area (Å²) in [5.74, 6) is -0.0395. The topological polar surface area (TPSA) is 94.6 Å². The highest BCUT2D eigenvalue weighted by molar-refractivity contribution is 5.96. The van der Waals surface area contributed by atoms with E-state index in [0.717, 1.165) is 11.0 Å². The normalized spacial score (nSPS) is 11.9. The van der Waals surface area contributed by atoms with Crippen molar-refractivity contribution in [2.24, 2.45) is 5.73 Å². The molecule has 0 aliphatic rings. The Morgan fingerprint density at radius 1 is 1.16 bits per heavy atom. The molecule has 25 heavy (non-hydrogen) atoms. The van der Waals surface area contributed by atoms with Gasteiger partial charge in [-0.1, -0.05) is 18.2 Å². The molecule has 2 amide bonds. The molecule has 6 heteroatoms. The van der Waals surface area contributed by atoms with Crippen LogP contribution in [0.25, 0.3) is 11.0 Å². The third-order valence-electron chi connectivity index (χ3n) is 3.77. The highest BCUT2D eigenvalue weighted by atomic mass is 16.5. The van der Waals surface area contributed by atoms with Gasteiger partial charge < -0.3 is 20.2 Å². The zero-order chi connectivity index (χ0) is 17.8. The number of ether oxygens (including phenoxy) is 1. The molecule has 0 unspecified atom stereocenters. The van der Waals surface area contributed by atoms with Crippen molar-refractivity contribution in [1.82, 2.24) is 0 Å².